The minimum absolute atomic E-state index is 0.268. The van der Waals surface area contributed by atoms with Gasteiger partial charge in [-0.05, 0) is 41.1 Å². The fraction of sp³-hybridized carbons (Fsp3) is 0.0909. The number of H-pyrrole nitrogens is 1. The molecule has 0 bridgehead atoms. The Labute approximate surface area is 107 Å². The number of nitrogen functional groups attached to an aromatic ring is 1. The summed E-state index contributed by atoms with van der Waals surface area (Å²) in [5.74, 6) is 0.236. The molecule has 4 N–H and O–H groups in total. The Balaban J connectivity index is 2.15. The number of nitrogens with zero attached hydrogens (tertiary/aromatic N) is 1. The minimum Gasteiger partial charge on any atom is -0.397 e. The van der Waals surface area contributed by atoms with Gasteiger partial charge in [-0.2, -0.15) is 0 Å². The first kappa shape index (κ1) is 11.7. The lowest BCUT2D eigenvalue weighted by atomic mass is 10.3. The second-order valence-electron chi connectivity index (χ2n) is 3.56. The Hall–Kier alpha value is -1.82. The van der Waals surface area contributed by atoms with Gasteiger partial charge in [-0.3, -0.25) is 4.79 Å². The number of halogens is 1. The molecule has 0 aliphatic carbocycles. The number of nitrogens with one attached hydrogen (secondary N) is 2. The molecule has 0 radical (unpaired) electrons. The lowest BCUT2D eigenvalue weighted by molar-refractivity contribution is 0.102. The predicted molar refractivity (Wildman–Crippen MR) is 69.8 cm³/mol. The molecule has 0 spiro atoms. The fourth-order valence-corrected chi connectivity index (χ4v) is 1.56. The van der Waals surface area contributed by atoms with Gasteiger partial charge in [0.15, 0.2) is 0 Å². The third-order valence-electron chi connectivity index (χ3n) is 2.21. The van der Waals surface area contributed by atoms with Crippen LogP contribution in [0.15, 0.2) is 28.9 Å². The Bertz CT molecular complexity index is 564. The zero-order valence-electron chi connectivity index (χ0n) is 9.12. The molecule has 0 unspecified atom stereocenters. The topological polar surface area (TPSA) is 83.8 Å². The van der Waals surface area contributed by atoms with E-state index >= 15 is 0 Å². The summed E-state index contributed by atoms with van der Waals surface area (Å²) in [5.41, 5.74) is 7.26. The molecule has 0 fully saturated rings. The number of rotatable bonds is 2. The maximum atomic E-state index is 11.8. The van der Waals surface area contributed by atoms with Crippen molar-refractivity contribution in [1.82, 2.24) is 9.97 Å². The summed E-state index contributed by atoms with van der Waals surface area (Å²) in [4.78, 5) is 18.8. The van der Waals surface area contributed by atoms with Crippen LogP contribution in [0.1, 0.15) is 16.2 Å². The van der Waals surface area contributed by atoms with Crippen LogP contribution in [0.2, 0.25) is 0 Å². The largest absolute Gasteiger partial charge is 0.397 e. The first-order valence-electron chi connectivity index (χ1n) is 4.94. The van der Waals surface area contributed by atoms with E-state index in [2.05, 4.69) is 31.2 Å². The summed E-state index contributed by atoms with van der Waals surface area (Å²) in [6, 6.07) is 5.13. The molecule has 0 atom stereocenters. The zero-order chi connectivity index (χ0) is 12.4. The molecule has 2 aromatic heterocycles. The molecule has 0 aromatic carbocycles. The van der Waals surface area contributed by atoms with Crippen LogP contribution in [0, 0.1) is 6.92 Å². The van der Waals surface area contributed by atoms with Crippen LogP contribution in [0.4, 0.5) is 11.5 Å². The Kier molecular flexibility index (Phi) is 3.14. The van der Waals surface area contributed by atoms with Crippen molar-refractivity contribution in [1.29, 1.82) is 0 Å². The molecule has 88 valence electrons. The van der Waals surface area contributed by atoms with Crippen molar-refractivity contribution < 1.29 is 4.79 Å². The van der Waals surface area contributed by atoms with Crippen LogP contribution >= 0.6 is 15.9 Å². The summed E-state index contributed by atoms with van der Waals surface area (Å²) in [5, 5.41) is 2.68. The number of aryl methyl sites for hydroxylation is 1. The average molecular weight is 295 g/mol. The monoisotopic (exact) mass is 294 g/mol. The van der Waals surface area contributed by atoms with Crippen molar-refractivity contribution in [3.63, 3.8) is 0 Å². The van der Waals surface area contributed by atoms with E-state index in [-0.39, 0.29) is 5.91 Å². The molecule has 2 rings (SSSR count). The molecule has 0 saturated carbocycles. The van der Waals surface area contributed by atoms with Crippen molar-refractivity contribution in [2.24, 2.45) is 0 Å². The first-order chi connectivity index (χ1) is 8.06. The lowest BCUT2D eigenvalue weighted by Gasteiger charge is -2.04. The quantitative estimate of drug-likeness (QED) is 0.795. The van der Waals surface area contributed by atoms with E-state index in [1.165, 1.54) is 0 Å². The van der Waals surface area contributed by atoms with Crippen LogP contribution in [0.3, 0.4) is 0 Å². The van der Waals surface area contributed by atoms with Crippen LogP contribution in [-0.4, -0.2) is 15.9 Å². The molecule has 0 aliphatic rings. The third-order valence-corrected chi connectivity index (χ3v) is 3.05. The van der Waals surface area contributed by atoms with Gasteiger partial charge in [0.2, 0.25) is 0 Å². The molecule has 5 nitrogen and oxygen atoms in total. The van der Waals surface area contributed by atoms with E-state index in [1.54, 1.807) is 18.3 Å². The van der Waals surface area contributed by atoms with E-state index < -0.39 is 0 Å². The molecule has 0 aliphatic heterocycles. The molecule has 2 heterocycles. The second-order valence-corrected chi connectivity index (χ2v) is 4.42. The maximum absolute atomic E-state index is 11.8. The van der Waals surface area contributed by atoms with Crippen molar-refractivity contribution in [3.8, 4) is 0 Å². The van der Waals surface area contributed by atoms with Gasteiger partial charge in [-0.15, -0.1) is 0 Å². The van der Waals surface area contributed by atoms with Crippen molar-refractivity contribution in [3.05, 3.63) is 40.3 Å². The van der Waals surface area contributed by atoms with Crippen LogP contribution in [-0.2, 0) is 0 Å². The van der Waals surface area contributed by atoms with Gasteiger partial charge >= 0.3 is 0 Å². The van der Waals surface area contributed by atoms with Gasteiger partial charge in [0.05, 0.1) is 5.69 Å². The molecular formula is C11H11BrN4O. The van der Waals surface area contributed by atoms with Crippen molar-refractivity contribution >= 4 is 33.3 Å². The number of nitrogens with two attached hydrogens (primary N) is 1. The van der Waals surface area contributed by atoms with Crippen LogP contribution in [0.5, 0.6) is 0 Å². The van der Waals surface area contributed by atoms with Crippen molar-refractivity contribution in [2.75, 3.05) is 11.1 Å². The number of hydrogen-bond acceptors (Lipinski definition) is 3. The van der Waals surface area contributed by atoms with Gasteiger partial charge in [0.1, 0.15) is 11.5 Å². The molecule has 6 heteroatoms. The van der Waals surface area contributed by atoms with E-state index in [9.17, 15) is 4.79 Å². The molecule has 2 aromatic rings. The maximum Gasteiger partial charge on any atom is 0.273 e. The van der Waals surface area contributed by atoms with Gasteiger partial charge in [-0.1, -0.05) is 0 Å². The molecule has 0 saturated heterocycles. The predicted octanol–water partition coefficient (Wildman–Crippen LogP) is 2.32. The summed E-state index contributed by atoms with van der Waals surface area (Å²) >= 11 is 3.35. The number of aromatic nitrogens is 2. The van der Waals surface area contributed by atoms with Gasteiger partial charge in [0, 0.05) is 16.4 Å². The van der Waals surface area contributed by atoms with E-state index in [1.807, 2.05) is 13.0 Å². The highest BCUT2D eigenvalue weighted by molar-refractivity contribution is 9.10. The third kappa shape index (κ3) is 2.65. The van der Waals surface area contributed by atoms with Gasteiger partial charge in [-0.25, -0.2) is 4.98 Å². The summed E-state index contributed by atoms with van der Waals surface area (Å²) in [6.07, 6.45) is 1.56. The number of carbonyl (C=O) groups excluding carboxylic acids is 1. The molecular weight excluding hydrogens is 284 g/mol. The lowest BCUT2D eigenvalue weighted by Crippen LogP contribution is -2.13. The number of aromatic amines is 1. The van der Waals surface area contributed by atoms with Crippen LogP contribution in [0.25, 0.3) is 0 Å². The number of pyridine rings is 1. The summed E-state index contributed by atoms with van der Waals surface area (Å²) in [6.45, 7) is 1.85. The van der Waals surface area contributed by atoms with E-state index in [4.69, 9.17) is 5.73 Å². The Morgan fingerprint density at radius 3 is 2.88 bits per heavy atom. The minimum atomic E-state index is -0.268. The fourth-order valence-electron chi connectivity index (χ4n) is 1.34. The molecule has 17 heavy (non-hydrogen) atoms. The highest BCUT2D eigenvalue weighted by atomic mass is 79.9. The van der Waals surface area contributed by atoms with Gasteiger partial charge in [0.25, 0.3) is 5.91 Å². The summed E-state index contributed by atoms with van der Waals surface area (Å²) in [7, 11) is 0. The smallest absolute Gasteiger partial charge is 0.273 e. The zero-order valence-corrected chi connectivity index (χ0v) is 10.7. The van der Waals surface area contributed by atoms with Crippen molar-refractivity contribution in [2.45, 2.75) is 6.92 Å². The van der Waals surface area contributed by atoms with Gasteiger partial charge < -0.3 is 16.0 Å². The van der Waals surface area contributed by atoms with Crippen LogP contribution < -0.4 is 11.1 Å². The Morgan fingerprint density at radius 1 is 1.53 bits per heavy atom. The second kappa shape index (κ2) is 4.58. The average Bonchev–Trinajstić information content (AvgIpc) is 2.70. The standard InChI is InChI=1S/C11H11BrN4O/c1-6-8(12)2-3-10(15-6)16-11(17)9-4-7(13)5-14-9/h2-5,14H,13H2,1H3,(H,15,16,17). The first-order valence-corrected chi connectivity index (χ1v) is 5.74. The Morgan fingerprint density at radius 2 is 2.29 bits per heavy atom. The van der Waals surface area contributed by atoms with E-state index in [0.29, 0.717) is 17.2 Å². The normalized spacial score (nSPS) is 10.2. The number of anilines is 2. The highest BCUT2D eigenvalue weighted by Crippen LogP contribution is 2.16. The summed E-state index contributed by atoms with van der Waals surface area (Å²) < 4.78 is 0.902. The highest BCUT2D eigenvalue weighted by Gasteiger charge is 2.09. The molecule has 1 amide bonds. The SMILES string of the molecule is Cc1nc(NC(=O)c2cc(N)c[nH]2)ccc1Br. The number of hydrogen-bond donors (Lipinski definition) is 3. The number of carbonyl (C=O) groups is 1. The van der Waals surface area contributed by atoms with E-state index in [0.717, 1.165) is 10.2 Å². The number of amides is 1.